The second-order valence-corrected chi connectivity index (χ2v) is 5.31. The molecule has 4 heterocycles. The monoisotopic (exact) mass is 293 g/mol. The zero-order valence-electron chi connectivity index (χ0n) is 12.6. The van der Waals surface area contributed by atoms with E-state index in [1.165, 1.54) is 0 Å². The Morgan fingerprint density at radius 3 is 2.59 bits per heavy atom. The third kappa shape index (κ3) is 1.77. The number of methoxy groups -OCH3 is 1. The van der Waals surface area contributed by atoms with Gasteiger partial charge in [-0.05, 0) is 6.07 Å². The van der Waals surface area contributed by atoms with E-state index in [9.17, 15) is 0 Å². The average molecular weight is 293 g/mol. The van der Waals surface area contributed by atoms with Crippen LogP contribution in [0.15, 0.2) is 37.1 Å². The molecular formula is C16H15N5O. The second-order valence-electron chi connectivity index (χ2n) is 5.31. The van der Waals surface area contributed by atoms with E-state index in [4.69, 9.17) is 4.74 Å². The maximum Gasteiger partial charge on any atom is 0.213 e. The van der Waals surface area contributed by atoms with Crippen molar-refractivity contribution < 1.29 is 4.74 Å². The molecule has 0 radical (unpaired) electrons. The molecule has 4 aromatic heterocycles. The van der Waals surface area contributed by atoms with Crippen LogP contribution < -0.4 is 4.74 Å². The first-order valence-corrected chi connectivity index (χ1v) is 6.94. The fourth-order valence-corrected chi connectivity index (χ4v) is 2.75. The number of ether oxygens (including phenoxy) is 1. The molecule has 110 valence electrons. The first-order chi connectivity index (χ1) is 10.7. The molecule has 0 N–H and O–H groups in total. The molecule has 0 atom stereocenters. The van der Waals surface area contributed by atoms with Gasteiger partial charge in [-0.1, -0.05) is 0 Å². The zero-order valence-corrected chi connectivity index (χ0v) is 12.6. The van der Waals surface area contributed by atoms with Crippen molar-refractivity contribution in [2.24, 2.45) is 14.1 Å². The van der Waals surface area contributed by atoms with Crippen molar-refractivity contribution >= 4 is 21.9 Å². The minimum atomic E-state index is 0.596. The van der Waals surface area contributed by atoms with E-state index in [1.807, 2.05) is 47.8 Å². The summed E-state index contributed by atoms with van der Waals surface area (Å²) in [6.07, 6.45) is 7.53. The molecule has 0 aliphatic carbocycles. The Kier molecular flexibility index (Phi) is 2.66. The highest BCUT2D eigenvalue weighted by Crippen LogP contribution is 2.31. The first kappa shape index (κ1) is 12.8. The number of hydrogen-bond donors (Lipinski definition) is 0. The quantitative estimate of drug-likeness (QED) is 0.570. The normalized spacial score (nSPS) is 11.4. The number of hydrogen-bond acceptors (Lipinski definition) is 4. The van der Waals surface area contributed by atoms with Crippen molar-refractivity contribution in [2.75, 3.05) is 7.11 Å². The van der Waals surface area contributed by atoms with Gasteiger partial charge in [-0.2, -0.15) is 0 Å². The molecule has 0 amide bonds. The summed E-state index contributed by atoms with van der Waals surface area (Å²) in [5.41, 5.74) is 4.93. The Balaban J connectivity index is 1.98. The molecule has 22 heavy (non-hydrogen) atoms. The number of aromatic nitrogens is 5. The SMILES string of the molecule is COc1cc2c(-c3cc4ncn(C)c4cn3)cn(C)c2cn1. The van der Waals surface area contributed by atoms with Crippen molar-refractivity contribution in [3.8, 4) is 17.1 Å². The lowest BCUT2D eigenvalue weighted by Crippen LogP contribution is -1.89. The minimum Gasteiger partial charge on any atom is -0.481 e. The standard InChI is InChI=1S/C16H15N5O/c1-20-8-11(10-4-16(22-3)18-6-14(10)20)12-5-13-15(7-17-12)21(2)9-19-13/h4-9H,1-3H3. The zero-order chi connectivity index (χ0) is 15.3. The van der Waals surface area contributed by atoms with Crippen molar-refractivity contribution in [1.29, 1.82) is 0 Å². The van der Waals surface area contributed by atoms with Gasteiger partial charge in [0.05, 0.1) is 48.1 Å². The largest absolute Gasteiger partial charge is 0.481 e. The molecule has 0 saturated heterocycles. The first-order valence-electron chi connectivity index (χ1n) is 6.94. The Morgan fingerprint density at radius 1 is 0.955 bits per heavy atom. The van der Waals surface area contributed by atoms with Crippen molar-refractivity contribution in [2.45, 2.75) is 0 Å². The number of rotatable bonds is 2. The lowest BCUT2D eigenvalue weighted by atomic mass is 10.1. The van der Waals surface area contributed by atoms with Crippen molar-refractivity contribution in [3.05, 3.63) is 37.1 Å². The molecule has 0 bridgehead atoms. The van der Waals surface area contributed by atoms with Crippen LogP contribution in [0.2, 0.25) is 0 Å². The summed E-state index contributed by atoms with van der Waals surface area (Å²) in [5.74, 6) is 0.596. The van der Waals surface area contributed by atoms with Gasteiger partial charge in [0.15, 0.2) is 0 Å². The molecule has 4 aromatic rings. The molecular weight excluding hydrogens is 278 g/mol. The van der Waals surface area contributed by atoms with E-state index < -0.39 is 0 Å². The number of imidazole rings is 1. The Bertz CT molecular complexity index is 999. The fraction of sp³-hybridized carbons (Fsp3) is 0.188. The van der Waals surface area contributed by atoms with Crippen molar-refractivity contribution in [3.63, 3.8) is 0 Å². The summed E-state index contributed by atoms with van der Waals surface area (Å²) in [4.78, 5) is 13.3. The Labute approximate surface area is 127 Å². The predicted octanol–water partition coefficient (Wildman–Crippen LogP) is 2.53. The maximum atomic E-state index is 5.24. The van der Waals surface area contributed by atoms with Crippen LogP contribution in [0.1, 0.15) is 0 Å². The van der Waals surface area contributed by atoms with E-state index in [0.29, 0.717) is 5.88 Å². The molecule has 6 nitrogen and oxygen atoms in total. The van der Waals surface area contributed by atoms with Crippen LogP contribution in [0.25, 0.3) is 33.2 Å². The molecule has 0 aromatic carbocycles. The lowest BCUT2D eigenvalue weighted by molar-refractivity contribution is 0.398. The van der Waals surface area contributed by atoms with Crippen LogP contribution in [0.3, 0.4) is 0 Å². The molecule has 0 aliphatic rings. The van der Waals surface area contributed by atoms with Gasteiger partial charge < -0.3 is 13.9 Å². The minimum absolute atomic E-state index is 0.596. The summed E-state index contributed by atoms with van der Waals surface area (Å²) in [7, 11) is 5.58. The highest BCUT2D eigenvalue weighted by Gasteiger charge is 2.13. The number of nitrogens with zero attached hydrogens (tertiary/aromatic N) is 5. The van der Waals surface area contributed by atoms with Gasteiger partial charge in [-0.15, -0.1) is 0 Å². The van der Waals surface area contributed by atoms with Crippen LogP contribution in [-0.2, 0) is 14.1 Å². The molecule has 0 aliphatic heterocycles. The maximum absolute atomic E-state index is 5.24. The molecule has 0 unspecified atom stereocenters. The fourth-order valence-electron chi connectivity index (χ4n) is 2.75. The lowest BCUT2D eigenvalue weighted by Gasteiger charge is -2.02. The van der Waals surface area contributed by atoms with Crippen LogP contribution in [0.5, 0.6) is 5.88 Å². The third-order valence-corrected chi connectivity index (χ3v) is 3.95. The van der Waals surface area contributed by atoms with Gasteiger partial charge in [0, 0.05) is 37.3 Å². The highest BCUT2D eigenvalue weighted by molar-refractivity contribution is 5.96. The third-order valence-electron chi connectivity index (χ3n) is 3.95. The molecule has 0 fully saturated rings. The number of fused-ring (bicyclic) bond motifs is 2. The molecule has 4 rings (SSSR count). The Morgan fingerprint density at radius 2 is 1.77 bits per heavy atom. The number of pyridine rings is 2. The smallest absolute Gasteiger partial charge is 0.213 e. The van der Waals surface area contributed by atoms with Gasteiger partial charge in [0.25, 0.3) is 0 Å². The summed E-state index contributed by atoms with van der Waals surface area (Å²) in [6.45, 7) is 0. The summed E-state index contributed by atoms with van der Waals surface area (Å²) < 4.78 is 9.24. The van der Waals surface area contributed by atoms with Gasteiger partial charge in [-0.25, -0.2) is 9.97 Å². The van der Waals surface area contributed by atoms with Gasteiger partial charge in [0.2, 0.25) is 5.88 Å². The summed E-state index contributed by atoms with van der Waals surface area (Å²) in [6, 6.07) is 3.95. The average Bonchev–Trinajstić information content (AvgIpc) is 3.08. The van der Waals surface area contributed by atoms with Gasteiger partial charge in [0.1, 0.15) is 0 Å². The number of aryl methyl sites for hydroxylation is 2. The molecule has 6 heteroatoms. The predicted molar refractivity (Wildman–Crippen MR) is 84.8 cm³/mol. The van der Waals surface area contributed by atoms with E-state index in [2.05, 4.69) is 21.1 Å². The van der Waals surface area contributed by atoms with E-state index in [-0.39, 0.29) is 0 Å². The van der Waals surface area contributed by atoms with E-state index >= 15 is 0 Å². The Hall–Kier alpha value is -2.89. The second kappa shape index (κ2) is 4.56. The summed E-state index contributed by atoms with van der Waals surface area (Å²) >= 11 is 0. The topological polar surface area (TPSA) is 57.8 Å². The summed E-state index contributed by atoms with van der Waals surface area (Å²) in [5, 5.41) is 1.07. The van der Waals surface area contributed by atoms with Crippen molar-refractivity contribution in [1.82, 2.24) is 24.1 Å². The molecule has 0 spiro atoms. The highest BCUT2D eigenvalue weighted by atomic mass is 16.5. The van der Waals surface area contributed by atoms with Crippen LogP contribution >= 0.6 is 0 Å². The van der Waals surface area contributed by atoms with Gasteiger partial charge in [-0.3, -0.25) is 4.98 Å². The van der Waals surface area contributed by atoms with E-state index in [0.717, 1.165) is 33.2 Å². The van der Waals surface area contributed by atoms with E-state index in [1.54, 1.807) is 13.4 Å². The van der Waals surface area contributed by atoms with Crippen LogP contribution in [0, 0.1) is 0 Å². The molecule has 0 saturated carbocycles. The van der Waals surface area contributed by atoms with Crippen LogP contribution in [-0.4, -0.2) is 31.2 Å². The van der Waals surface area contributed by atoms with Crippen LogP contribution in [0.4, 0.5) is 0 Å². The van der Waals surface area contributed by atoms with Gasteiger partial charge >= 0.3 is 0 Å².